The Labute approximate surface area is 100.0 Å². The van der Waals surface area contributed by atoms with Crippen LogP contribution >= 0.6 is 11.6 Å². The molecule has 1 fully saturated rings. The van der Waals surface area contributed by atoms with E-state index in [4.69, 9.17) is 17.3 Å². The van der Waals surface area contributed by atoms with Gasteiger partial charge in [-0.1, -0.05) is 23.7 Å². The summed E-state index contributed by atoms with van der Waals surface area (Å²) in [5.41, 5.74) is 7.63. The van der Waals surface area contributed by atoms with E-state index in [1.54, 1.807) is 0 Å². The fraction of sp³-hybridized carbons (Fsp3) is 0.417. The second-order valence-electron chi connectivity index (χ2n) is 4.10. The van der Waals surface area contributed by atoms with Gasteiger partial charge in [0.15, 0.2) is 0 Å². The largest absolute Gasteiger partial charge is 0.356 e. The predicted octanol–water partition coefficient (Wildman–Crippen LogP) is 1.79. The number of rotatable bonds is 2. The lowest BCUT2D eigenvalue weighted by atomic mass is 9.89. The van der Waals surface area contributed by atoms with Gasteiger partial charge in [-0.25, -0.2) is 0 Å². The summed E-state index contributed by atoms with van der Waals surface area (Å²) in [6, 6.07) is 5.87. The molecule has 0 spiro atoms. The minimum absolute atomic E-state index is 0.107. The smallest absolute Gasteiger partial charge is 0.220 e. The molecule has 3 nitrogen and oxygen atoms in total. The topological polar surface area (TPSA) is 55.1 Å². The van der Waals surface area contributed by atoms with Crippen LogP contribution in [0.4, 0.5) is 0 Å². The van der Waals surface area contributed by atoms with Gasteiger partial charge in [-0.3, -0.25) is 4.79 Å². The first kappa shape index (κ1) is 11.4. The monoisotopic (exact) mass is 238 g/mol. The van der Waals surface area contributed by atoms with E-state index in [1.807, 2.05) is 18.2 Å². The summed E-state index contributed by atoms with van der Waals surface area (Å²) in [7, 11) is 0. The van der Waals surface area contributed by atoms with Gasteiger partial charge in [-0.2, -0.15) is 0 Å². The van der Waals surface area contributed by atoms with Gasteiger partial charge < -0.3 is 11.1 Å². The number of hydrogen-bond donors (Lipinski definition) is 2. The van der Waals surface area contributed by atoms with Crippen LogP contribution in [0.25, 0.3) is 0 Å². The Morgan fingerprint density at radius 3 is 2.94 bits per heavy atom. The lowest BCUT2D eigenvalue weighted by Gasteiger charge is -2.23. The average molecular weight is 239 g/mol. The number of benzene rings is 1. The van der Waals surface area contributed by atoms with Crippen molar-refractivity contribution in [2.45, 2.75) is 25.3 Å². The molecular formula is C12H15ClN2O. The Morgan fingerprint density at radius 1 is 1.50 bits per heavy atom. The molecular weight excluding hydrogens is 224 g/mol. The van der Waals surface area contributed by atoms with Crippen molar-refractivity contribution in [3.05, 3.63) is 34.3 Å². The zero-order chi connectivity index (χ0) is 11.5. The Morgan fingerprint density at radius 2 is 2.31 bits per heavy atom. The van der Waals surface area contributed by atoms with Crippen molar-refractivity contribution >= 4 is 17.5 Å². The lowest BCUT2D eigenvalue weighted by Crippen LogP contribution is -2.32. The molecule has 1 heterocycles. The Balaban J connectivity index is 2.22. The number of nitrogens with one attached hydrogen (secondary N) is 1. The molecule has 0 bridgehead atoms. The van der Waals surface area contributed by atoms with Crippen LogP contribution in [0.2, 0.25) is 5.02 Å². The normalized spacial score (nSPS) is 20.6. The van der Waals surface area contributed by atoms with Crippen molar-refractivity contribution in [2.75, 3.05) is 6.54 Å². The molecule has 1 aliphatic rings. The highest BCUT2D eigenvalue weighted by atomic mass is 35.5. The molecule has 0 aliphatic carbocycles. The minimum atomic E-state index is 0.107. The average Bonchev–Trinajstić information content (AvgIpc) is 2.28. The van der Waals surface area contributed by atoms with Crippen molar-refractivity contribution in [3.8, 4) is 0 Å². The van der Waals surface area contributed by atoms with Crippen LogP contribution in [0.5, 0.6) is 0 Å². The molecule has 1 aromatic carbocycles. The van der Waals surface area contributed by atoms with Gasteiger partial charge in [-0.05, 0) is 29.5 Å². The highest BCUT2D eigenvalue weighted by Gasteiger charge is 2.22. The molecule has 1 saturated heterocycles. The standard InChI is InChI=1S/C12H15ClN2O/c13-11-5-8(7-14)1-2-10(11)9-3-4-15-12(16)6-9/h1-2,5,9H,3-4,6-7,14H2,(H,15,16)/t9-/m1/s1. The second-order valence-corrected chi connectivity index (χ2v) is 4.51. The Bertz CT molecular complexity index is 406. The number of carbonyl (C=O) groups excluding carboxylic acids is 1. The zero-order valence-electron chi connectivity index (χ0n) is 9.00. The summed E-state index contributed by atoms with van der Waals surface area (Å²) in [4.78, 5) is 11.3. The first-order valence-electron chi connectivity index (χ1n) is 5.46. The Hall–Kier alpha value is -1.06. The fourth-order valence-electron chi connectivity index (χ4n) is 2.08. The van der Waals surface area contributed by atoms with Gasteiger partial charge >= 0.3 is 0 Å². The number of carbonyl (C=O) groups is 1. The van der Waals surface area contributed by atoms with E-state index >= 15 is 0 Å². The van der Waals surface area contributed by atoms with Crippen LogP contribution in [0.15, 0.2) is 18.2 Å². The van der Waals surface area contributed by atoms with Crippen LogP contribution in [0, 0.1) is 0 Å². The summed E-state index contributed by atoms with van der Waals surface area (Å²) >= 11 is 6.20. The van der Waals surface area contributed by atoms with Gasteiger partial charge in [0.2, 0.25) is 5.91 Å². The molecule has 4 heteroatoms. The van der Waals surface area contributed by atoms with Crippen LogP contribution in [-0.2, 0) is 11.3 Å². The van der Waals surface area contributed by atoms with Gasteiger partial charge in [0, 0.05) is 24.5 Å². The van der Waals surface area contributed by atoms with Gasteiger partial charge in [0.05, 0.1) is 0 Å². The highest BCUT2D eigenvalue weighted by molar-refractivity contribution is 6.31. The summed E-state index contributed by atoms with van der Waals surface area (Å²) in [5, 5.41) is 3.55. The molecule has 0 saturated carbocycles. The van der Waals surface area contributed by atoms with E-state index in [-0.39, 0.29) is 11.8 Å². The highest BCUT2D eigenvalue weighted by Crippen LogP contribution is 2.31. The SMILES string of the molecule is NCc1ccc([C@@H]2CCNC(=O)C2)c(Cl)c1. The van der Waals surface area contributed by atoms with E-state index in [2.05, 4.69) is 5.32 Å². The minimum Gasteiger partial charge on any atom is -0.356 e. The van der Waals surface area contributed by atoms with Crippen molar-refractivity contribution < 1.29 is 4.79 Å². The van der Waals surface area contributed by atoms with Crippen LogP contribution in [-0.4, -0.2) is 12.5 Å². The molecule has 1 aromatic rings. The van der Waals surface area contributed by atoms with E-state index < -0.39 is 0 Å². The molecule has 0 radical (unpaired) electrons. The van der Waals surface area contributed by atoms with E-state index in [0.717, 1.165) is 29.1 Å². The first-order chi connectivity index (χ1) is 7.70. The lowest BCUT2D eigenvalue weighted by molar-refractivity contribution is -0.122. The van der Waals surface area contributed by atoms with Crippen molar-refractivity contribution in [2.24, 2.45) is 5.73 Å². The first-order valence-corrected chi connectivity index (χ1v) is 5.83. The maximum absolute atomic E-state index is 11.3. The predicted molar refractivity (Wildman–Crippen MR) is 64.3 cm³/mol. The molecule has 0 unspecified atom stereocenters. The van der Waals surface area contributed by atoms with Gasteiger partial charge in [0.1, 0.15) is 0 Å². The van der Waals surface area contributed by atoms with Crippen molar-refractivity contribution in [3.63, 3.8) is 0 Å². The van der Waals surface area contributed by atoms with Crippen LogP contribution in [0.1, 0.15) is 29.9 Å². The van der Waals surface area contributed by atoms with E-state index in [0.29, 0.717) is 13.0 Å². The zero-order valence-corrected chi connectivity index (χ0v) is 9.76. The summed E-state index contributed by atoms with van der Waals surface area (Å²) < 4.78 is 0. The molecule has 1 atom stereocenters. The number of piperidine rings is 1. The quantitative estimate of drug-likeness (QED) is 0.826. The van der Waals surface area contributed by atoms with Crippen molar-refractivity contribution in [1.82, 2.24) is 5.32 Å². The fourth-order valence-corrected chi connectivity index (χ4v) is 2.44. The number of halogens is 1. The number of amides is 1. The molecule has 1 amide bonds. The van der Waals surface area contributed by atoms with Gasteiger partial charge in [-0.15, -0.1) is 0 Å². The maximum Gasteiger partial charge on any atom is 0.220 e. The van der Waals surface area contributed by atoms with Crippen molar-refractivity contribution in [1.29, 1.82) is 0 Å². The Kier molecular flexibility index (Phi) is 3.46. The molecule has 16 heavy (non-hydrogen) atoms. The third-order valence-electron chi connectivity index (χ3n) is 2.99. The van der Waals surface area contributed by atoms with Crippen LogP contribution < -0.4 is 11.1 Å². The maximum atomic E-state index is 11.3. The second kappa shape index (κ2) is 4.85. The molecule has 0 aromatic heterocycles. The van der Waals surface area contributed by atoms with Crippen LogP contribution in [0.3, 0.4) is 0 Å². The van der Waals surface area contributed by atoms with E-state index in [1.165, 1.54) is 0 Å². The molecule has 3 N–H and O–H groups in total. The third kappa shape index (κ3) is 2.36. The molecule has 86 valence electrons. The summed E-state index contributed by atoms with van der Waals surface area (Å²) in [5.74, 6) is 0.350. The third-order valence-corrected chi connectivity index (χ3v) is 3.31. The molecule has 1 aliphatic heterocycles. The van der Waals surface area contributed by atoms with Gasteiger partial charge in [0.25, 0.3) is 0 Å². The number of nitrogens with two attached hydrogens (primary N) is 1. The number of hydrogen-bond acceptors (Lipinski definition) is 2. The van der Waals surface area contributed by atoms with E-state index in [9.17, 15) is 4.79 Å². The summed E-state index contributed by atoms with van der Waals surface area (Å²) in [6.07, 6.45) is 1.48. The summed E-state index contributed by atoms with van der Waals surface area (Å²) in [6.45, 7) is 1.23. The molecule has 2 rings (SSSR count).